The van der Waals surface area contributed by atoms with Crippen LogP contribution in [0.25, 0.3) is 0 Å². The standard InChI is InChI=1S/C12H11BrN4O3/c1-2-20-11(19)9-14-12(17-16-9)15-10(18)7-4-3-5-8(13)6-7/h3-6H,2H2,1H3,(H2,14,15,16,17,18). The van der Waals surface area contributed by atoms with Gasteiger partial charge in [0.2, 0.25) is 11.8 Å². The summed E-state index contributed by atoms with van der Waals surface area (Å²) in [4.78, 5) is 27.1. The Balaban J connectivity index is 2.07. The molecule has 0 bridgehead atoms. The van der Waals surface area contributed by atoms with Crippen molar-refractivity contribution in [1.29, 1.82) is 0 Å². The SMILES string of the molecule is CCOC(=O)c1nc(NC(=O)c2cccc(Br)c2)n[nH]1. The van der Waals surface area contributed by atoms with Crippen molar-refractivity contribution in [2.75, 3.05) is 11.9 Å². The number of carbonyl (C=O) groups is 2. The summed E-state index contributed by atoms with van der Waals surface area (Å²) in [6.07, 6.45) is 0. The molecule has 0 saturated carbocycles. The highest BCUT2D eigenvalue weighted by molar-refractivity contribution is 9.10. The van der Waals surface area contributed by atoms with Crippen molar-refractivity contribution in [2.24, 2.45) is 0 Å². The van der Waals surface area contributed by atoms with Gasteiger partial charge >= 0.3 is 5.97 Å². The summed E-state index contributed by atoms with van der Waals surface area (Å²) in [7, 11) is 0. The second-order valence-electron chi connectivity index (χ2n) is 3.69. The first-order valence-electron chi connectivity index (χ1n) is 5.76. The smallest absolute Gasteiger partial charge is 0.375 e. The van der Waals surface area contributed by atoms with Gasteiger partial charge in [-0.2, -0.15) is 4.98 Å². The van der Waals surface area contributed by atoms with E-state index in [0.717, 1.165) is 4.47 Å². The van der Waals surface area contributed by atoms with Crippen LogP contribution in [0.15, 0.2) is 28.7 Å². The summed E-state index contributed by atoms with van der Waals surface area (Å²) in [5.74, 6) is -1.04. The number of nitrogens with zero attached hydrogens (tertiary/aromatic N) is 2. The van der Waals surface area contributed by atoms with E-state index in [9.17, 15) is 9.59 Å². The van der Waals surface area contributed by atoms with Crippen molar-refractivity contribution in [3.63, 3.8) is 0 Å². The minimum atomic E-state index is -0.622. The normalized spacial score (nSPS) is 10.1. The fourth-order valence-corrected chi connectivity index (χ4v) is 1.81. The monoisotopic (exact) mass is 338 g/mol. The summed E-state index contributed by atoms with van der Waals surface area (Å²) < 4.78 is 5.54. The molecule has 7 nitrogen and oxygen atoms in total. The Morgan fingerprint density at radius 3 is 2.95 bits per heavy atom. The third-order valence-electron chi connectivity index (χ3n) is 2.27. The van der Waals surface area contributed by atoms with Crippen LogP contribution in [0.3, 0.4) is 0 Å². The molecule has 0 fully saturated rings. The largest absolute Gasteiger partial charge is 0.460 e. The average molecular weight is 339 g/mol. The molecule has 1 aromatic heterocycles. The molecule has 2 aromatic rings. The lowest BCUT2D eigenvalue weighted by molar-refractivity contribution is 0.0512. The number of halogens is 1. The predicted octanol–water partition coefficient (Wildman–Crippen LogP) is 2.00. The van der Waals surface area contributed by atoms with Crippen molar-refractivity contribution in [3.8, 4) is 0 Å². The number of benzene rings is 1. The Hall–Kier alpha value is -2.22. The average Bonchev–Trinajstić information content (AvgIpc) is 2.87. The summed E-state index contributed by atoms with van der Waals surface area (Å²) >= 11 is 3.28. The maximum Gasteiger partial charge on any atom is 0.375 e. The zero-order chi connectivity index (χ0) is 14.5. The van der Waals surface area contributed by atoms with E-state index in [1.54, 1.807) is 25.1 Å². The molecule has 0 spiro atoms. The van der Waals surface area contributed by atoms with Gasteiger partial charge in [0.15, 0.2) is 0 Å². The third-order valence-corrected chi connectivity index (χ3v) is 2.76. The molecule has 2 N–H and O–H groups in total. The summed E-state index contributed by atoms with van der Waals surface area (Å²) in [6.45, 7) is 1.92. The van der Waals surface area contributed by atoms with Gasteiger partial charge in [-0.15, -0.1) is 5.10 Å². The van der Waals surface area contributed by atoms with Gasteiger partial charge in [0.1, 0.15) is 0 Å². The van der Waals surface area contributed by atoms with Crippen LogP contribution in [0.2, 0.25) is 0 Å². The van der Waals surface area contributed by atoms with Gasteiger partial charge in [0.25, 0.3) is 5.91 Å². The van der Waals surface area contributed by atoms with Gasteiger partial charge < -0.3 is 4.74 Å². The van der Waals surface area contributed by atoms with Crippen molar-refractivity contribution < 1.29 is 14.3 Å². The van der Waals surface area contributed by atoms with Crippen LogP contribution in [0.1, 0.15) is 27.9 Å². The number of ether oxygens (including phenoxy) is 1. The van der Waals surface area contributed by atoms with Crippen LogP contribution in [0.5, 0.6) is 0 Å². The predicted molar refractivity (Wildman–Crippen MR) is 74.4 cm³/mol. The first kappa shape index (κ1) is 14.2. The zero-order valence-corrected chi connectivity index (χ0v) is 12.1. The molecule has 104 valence electrons. The highest BCUT2D eigenvalue weighted by atomic mass is 79.9. The molecule has 0 unspecified atom stereocenters. The van der Waals surface area contributed by atoms with Crippen LogP contribution in [-0.2, 0) is 4.74 Å². The topological polar surface area (TPSA) is 97.0 Å². The molecule has 0 aliphatic rings. The maximum absolute atomic E-state index is 11.9. The lowest BCUT2D eigenvalue weighted by Crippen LogP contribution is -2.13. The molecular formula is C12H11BrN4O3. The molecule has 0 saturated heterocycles. The second-order valence-corrected chi connectivity index (χ2v) is 4.61. The van der Waals surface area contributed by atoms with Crippen LogP contribution >= 0.6 is 15.9 Å². The molecule has 0 atom stereocenters. The first-order valence-corrected chi connectivity index (χ1v) is 6.56. The van der Waals surface area contributed by atoms with Crippen LogP contribution < -0.4 is 5.32 Å². The van der Waals surface area contributed by atoms with Gasteiger partial charge in [-0.3, -0.25) is 15.2 Å². The van der Waals surface area contributed by atoms with E-state index in [2.05, 4.69) is 36.4 Å². The Labute approximate surface area is 122 Å². The van der Waals surface area contributed by atoms with Crippen molar-refractivity contribution >= 4 is 33.8 Å². The third kappa shape index (κ3) is 3.41. The summed E-state index contributed by atoms with van der Waals surface area (Å²) in [6, 6.07) is 6.86. The number of aromatic amines is 1. The highest BCUT2D eigenvalue weighted by Crippen LogP contribution is 2.12. The molecule has 20 heavy (non-hydrogen) atoms. The number of nitrogens with one attached hydrogen (secondary N) is 2. The van der Waals surface area contributed by atoms with E-state index in [0.29, 0.717) is 5.56 Å². The summed E-state index contributed by atoms with van der Waals surface area (Å²) in [5.41, 5.74) is 0.446. The molecule has 1 heterocycles. The Morgan fingerprint density at radius 1 is 1.45 bits per heavy atom. The van der Waals surface area contributed by atoms with Gasteiger partial charge in [0, 0.05) is 10.0 Å². The fraction of sp³-hybridized carbons (Fsp3) is 0.167. The summed E-state index contributed by atoms with van der Waals surface area (Å²) in [5, 5.41) is 8.61. The molecule has 0 aliphatic carbocycles. The number of hydrogen-bond donors (Lipinski definition) is 2. The lowest BCUT2D eigenvalue weighted by atomic mass is 10.2. The lowest BCUT2D eigenvalue weighted by Gasteiger charge is -2.01. The maximum atomic E-state index is 11.9. The van der Waals surface area contributed by atoms with Gasteiger partial charge in [-0.25, -0.2) is 4.79 Å². The van der Waals surface area contributed by atoms with Crippen LogP contribution in [0.4, 0.5) is 5.95 Å². The van der Waals surface area contributed by atoms with Crippen LogP contribution in [0, 0.1) is 0 Å². The second kappa shape index (κ2) is 6.29. The number of rotatable bonds is 4. The number of hydrogen-bond acceptors (Lipinski definition) is 5. The van der Waals surface area contributed by atoms with Crippen molar-refractivity contribution in [3.05, 3.63) is 40.1 Å². The van der Waals surface area contributed by atoms with Gasteiger partial charge in [-0.1, -0.05) is 22.0 Å². The number of amides is 1. The fourth-order valence-electron chi connectivity index (χ4n) is 1.41. The molecule has 0 radical (unpaired) electrons. The number of H-pyrrole nitrogens is 1. The van der Waals surface area contributed by atoms with E-state index >= 15 is 0 Å². The molecule has 2 rings (SSSR count). The van der Waals surface area contributed by atoms with Crippen molar-refractivity contribution in [1.82, 2.24) is 15.2 Å². The Bertz CT molecular complexity index is 641. The number of aromatic nitrogens is 3. The van der Waals surface area contributed by atoms with Gasteiger partial charge in [-0.05, 0) is 25.1 Å². The van der Waals surface area contributed by atoms with Crippen LogP contribution in [-0.4, -0.2) is 33.7 Å². The van der Waals surface area contributed by atoms with E-state index in [-0.39, 0.29) is 24.3 Å². The Kier molecular flexibility index (Phi) is 4.46. The molecule has 8 heteroatoms. The van der Waals surface area contributed by atoms with E-state index in [4.69, 9.17) is 4.74 Å². The molecule has 1 amide bonds. The molecule has 0 aliphatic heterocycles. The first-order chi connectivity index (χ1) is 9.60. The number of esters is 1. The van der Waals surface area contributed by atoms with Crippen molar-refractivity contribution in [2.45, 2.75) is 6.92 Å². The highest BCUT2D eigenvalue weighted by Gasteiger charge is 2.15. The van der Waals surface area contributed by atoms with E-state index in [1.165, 1.54) is 0 Å². The molecular weight excluding hydrogens is 328 g/mol. The zero-order valence-electron chi connectivity index (χ0n) is 10.5. The Morgan fingerprint density at radius 2 is 2.25 bits per heavy atom. The minimum Gasteiger partial charge on any atom is -0.460 e. The quantitative estimate of drug-likeness (QED) is 0.831. The number of anilines is 1. The van der Waals surface area contributed by atoms with Gasteiger partial charge in [0.05, 0.1) is 6.61 Å². The minimum absolute atomic E-state index is 0.0121. The molecule has 1 aromatic carbocycles. The van der Waals surface area contributed by atoms with E-state index in [1.807, 2.05) is 6.07 Å². The van der Waals surface area contributed by atoms with E-state index < -0.39 is 5.97 Å². The number of carbonyl (C=O) groups excluding carboxylic acids is 2.